The SMILES string of the molecule is C1CCOC1.CC#CC.FC(c1ccccn1)(c1ccccn1)c1ccc2ccc(C(F)(c3ccccn3)c3ccccn3)nc2n1.O=S(=O)([N-]S(=O)(=O)C(F)(F)F)C(F)(F)F.O=S(=O)([N-]S(=O)(=O)C(F)(F)F)C(F)(F)F.[Cu+].[Cu+]. The second-order valence-electron chi connectivity index (χ2n) is 14.3. The molecule has 0 radical (unpaired) electrons. The Morgan fingerprint density at radius 1 is 0.405 bits per heavy atom. The van der Waals surface area contributed by atoms with Gasteiger partial charge in [-0.05, 0) is 99.5 Å². The molecular weight excluding hydrogens is 1280 g/mol. The van der Waals surface area contributed by atoms with Crippen molar-refractivity contribution in [2.45, 2.75) is 60.1 Å². The summed E-state index contributed by atoms with van der Waals surface area (Å²) in [6.07, 6.45) is 8.62. The first-order valence-corrected chi connectivity index (χ1v) is 26.2. The van der Waals surface area contributed by atoms with E-state index in [0.717, 1.165) is 21.5 Å². The number of sulfonamides is 4. The van der Waals surface area contributed by atoms with Gasteiger partial charge in [-0.15, -0.1) is 11.8 Å². The second-order valence-corrected chi connectivity index (χ2v) is 21.1. The van der Waals surface area contributed by atoms with Gasteiger partial charge in [0.1, 0.15) is 0 Å². The summed E-state index contributed by atoms with van der Waals surface area (Å²) in [5.74, 6) is 5.36. The van der Waals surface area contributed by atoms with E-state index in [-0.39, 0.29) is 73.9 Å². The smallest absolute Gasteiger partial charge is 0.421 e. The molecule has 17 nitrogen and oxygen atoms in total. The Morgan fingerprint density at radius 3 is 0.835 bits per heavy atom. The normalized spacial score (nSPS) is 13.3. The van der Waals surface area contributed by atoms with Crippen LogP contribution in [0.15, 0.2) is 122 Å². The van der Waals surface area contributed by atoms with Crippen LogP contribution in [-0.2, 0) is 90.3 Å². The Hall–Kier alpha value is -5.54. The summed E-state index contributed by atoms with van der Waals surface area (Å²) in [7, 11) is -26.9. The number of hydrogen-bond acceptors (Lipinski definition) is 15. The van der Waals surface area contributed by atoms with E-state index in [0.29, 0.717) is 5.39 Å². The van der Waals surface area contributed by atoms with Gasteiger partial charge in [0.25, 0.3) is 0 Å². The maximum atomic E-state index is 17.1. The molecule has 1 saturated heterocycles. The molecule has 7 heterocycles. The summed E-state index contributed by atoms with van der Waals surface area (Å²) in [6.45, 7) is 5.64. The third-order valence-electron chi connectivity index (χ3n) is 8.97. The van der Waals surface area contributed by atoms with Crippen LogP contribution in [0.2, 0.25) is 0 Å². The van der Waals surface area contributed by atoms with Crippen molar-refractivity contribution in [1.82, 2.24) is 29.9 Å². The molecule has 6 aromatic heterocycles. The van der Waals surface area contributed by atoms with Crippen molar-refractivity contribution in [3.8, 4) is 11.8 Å². The monoisotopic (exact) mass is 1310 g/mol. The van der Waals surface area contributed by atoms with Crippen molar-refractivity contribution < 1.29 is 134 Å². The van der Waals surface area contributed by atoms with Crippen LogP contribution in [0.3, 0.4) is 0 Å². The van der Waals surface area contributed by atoms with E-state index in [4.69, 9.17) is 4.74 Å². The van der Waals surface area contributed by atoms with Gasteiger partial charge < -0.3 is 13.0 Å². The summed E-state index contributed by atoms with van der Waals surface area (Å²) < 4.78 is 257. The number of ether oxygens (including phenoxy) is 1. The van der Waals surface area contributed by atoms with E-state index in [1.807, 2.05) is 13.8 Å². The summed E-state index contributed by atoms with van der Waals surface area (Å²) in [5, 5.41) is 0.617. The van der Waals surface area contributed by atoms with Gasteiger partial charge in [-0.3, -0.25) is 19.9 Å². The Labute approximate surface area is 462 Å². The van der Waals surface area contributed by atoms with E-state index in [2.05, 4.69) is 41.7 Å². The second kappa shape index (κ2) is 28.7. The van der Waals surface area contributed by atoms with E-state index < -0.39 is 73.5 Å². The number of nitrogens with zero attached hydrogens (tertiary/aromatic N) is 8. The van der Waals surface area contributed by atoms with Crippen LogP contribution in [0.5, 0.6) is 0 Å². The van der Waals surface area contributed by atoms with E-state index >= 15 is 8.78 Å². The molecule has 37 heteroatoms. The van der Waals surface area contributed by atoms with Crippen molar-refractivity contribution in [3.63, 3.8) is 0 Å². The molecule has 1 aliphatic rings. The maximum absolute atomic E-state index is 17.1. The fraction of sp³-hybridized carbons (Fsp3) is 0.286. The quantitative estimate of drug-likeness (QED) is 0.0703. The largest absolute Gasteiger partial charge is 1.00 e. The zero-order valence-corrected chi connectivity index (χ0v) is 44.3. The van der Waals surface area contributed by atoms with Gasteiger partial charge in [0.15, 0.2) is 45.7 Å². The number of rotatable bonds is 10. The Kier molecular flexibility index (Phi) is 26.0. The Morgan fingerprint density at radius 2 is 0.658 bits per heavy atom. The minimum Gasteiger partial charge on any atom is -0.421 e. The average molecular weight is 1320 g/mol. The molecule has 0 unspecified atom stereocenters. The molecule has 0 aromatic carbocycles. The molecule has 0 bridgehead atoms. The Bertz CT molecular complexity index is 3040. The predicted octanol–water partition coefficient (Wildman–Crippen LogP) is 9.67. The van der Waals surface area contributed by atoms with Crippen molar-refractivity contribution in [3.05, 3.63) is 164 Å². The first-order chi connectivity index (χ1) is 35.4. The minimum atomic E-state index is -6.72. The van der Waals surface area contributed by atoms with Crippen LogP contribution in [0.1, 0.15) is 60.9 Å². The van der Waals surface area contributed by atoms with Crippen LogP contribution in [-0.4, -0.2) is 98.8 Å². The van der Waals surface area contributed by atoms with E-state index in [9.17, 15) is 86.4 Å². The number of pyridine rings is 6. The van der Waals surface area contributed by atoms with Crippen molar-refractivity contribution in [2.75, 3.05) is 13.2 Å². The summed E-state index contributed by atoms with van der Waals surface area (Å²) in [4.78, 5) is 26.2. The van der Waals surface area contributed by atoms with Crippen molar-refractivity contribution in [2.24, 2.45) is 0 Å². The summed E-state index contributed by atoms with van der Waals surface area (Å²) in [5.41, 5.74) is -28.6. The molecule has 7 rings (SSSR count). The number of halogens is 14. The van der Waals surface area contributed by atoms with Gasteiger partial charge in [-0.2, -0.15) is 52.7 Å². The fourth-order valence-corrected chi connectivity index (χ4v) is 8.79. The first-order valence-electron chi connectivity index (χ1n) is 20.4. The molecule has 0 N–H and O–H groups in total. The predicted molar refractivity (Wildman–Crippen MR) is 244 cm³/mol. The molecular formula is C42H34Cu2F14N8O9S4. The van der Waals surface area contributed by atoms with Crippen LogP contribution in [0.4, 0.5) is 61.5 Å². The zero-order valence-electron chi connectivity index (χ0n) is 39.2. The first kappa shape index (κ1) is 71.5. The Balaban J connectivity index is 0.000000630. The maximum Gasteiger partial charge on any atom is 1.00 e. The molecule has 1 aliphatic heterocycles. The average Bonchev–Trinajstić information content (AvgIpc) is 3.96. The van der Waals surface area contributed by atoms with Crippen LogP contribution in [0.25, 0.3) is 19.3 Å². The zero-order chi connectivity index (χ0) is 58.4. The van der Waals surface area contributed by atoms with Gasteiger partial charge in [-0.1, -0.05) is 24.3 Å². The number of fused-ring (bicyclic) bond motifs is 1. The summed E-state index contributed by atoms with van der Waals surface area (Å²) in [6, 6.07) is 26.5. The van der Waals surface area contributed by atoms with E-state index in [1.54, 1.807) is 97.1 Å². The molecule has 0 atom stereocenters. The molecule has 0 saturated carbocycles. The van der Waals surface area contributed by atoms with Crippen molar-refractivity contribution in [1.29, 1.82) is 0 Å². The van der Waals surface area contributed by atoms with Crippen LogP contribution < -0.4 is 0 Å². The number of hydrogen-bond donors (Lipinski definition) is 0. The topological polar surface area (TPSA) is 251 Å². The van der Waals surface area contributed by atoms with Crippen LogP contribution in [0, 0.1) is 11.8 Å². The van der Waals surface area contributed by atoms with E-state index in [1.165, 1.54) is 37.6 Å². The standard InChI is InChI=1S/C30H20F2N6.C4H8O.C4H6.2C2F6NO4S2.2Cu/c31-29(22-9-1-5-17-33-22,23-10-2-6-18-34-23)26-15-13-21-14-16-27(38-28(21)37-26)30(32,24-11-3-7-19-35-24)25-12-4-8-20-36-25;1-2-4-5-3-1;1-3-4-2;2*3-1(4,5)14(10,11)9-15(12,13)2(6,7)8;;/h1-20H;1-4H2;1-2H3;;;;/q;;;2*-1;2*+1. The third kappa shape index (κ3) is 18.8. The van der Waals surface area contributed by atoms with Crippen LogP contribution >= 0.6 is 0 Å². The molecule has 1 fully saturated rings. The minimum absolute atomic E-state index is 0. The van der Waals surface area contributed by atoms with Gasteiger partial charge in [0, 0.05) is 43.4 Å². The third-order valence-corrected chi connectivity index (χ3v) is 14.4. The molecule has 440 valence electrons. The fourth-order valence-electron chi connectivity index (χ4n) is 5.37. The summed E-state index contributed by atoms with van der Waals surface area (Å²) >= 11 is 0. The molecule has 0 amide bonds. The molecule has 0 spiro atoms. The molecule has 0 aliphatic carbocycles. The van der Waals surface area contributed by atoms with Crippen molar-refractivity contribution >= 4 is 51.1 Å². The van der Waals surface area contributed by atoms with Gasteiger partial charge >= 0.3 is 56.2 Å². The molecule has 6 aromatic rings. The van der Waals surface area contributed by atoms with Gasteiger partial charge in [0.05, 0.1) is 34.2 Å². The number of alkyl halides is 14. The molecule has 79 heavy (non-hydrogen) atoms. The van der Waals surface area contributed by atoms with Gasteiger partial charge in [-0.25, -0.2) is 52.4 Å². The number of aromatic nitrogens is 6. The van der Waals surface area contributed by atoms with Gasteiger partial charge in [0.2, 0.25) is 11.3 Å².